The number of methoxy groups -OCH3 is 3. The van der Waals surface area contributed by atoms with Crippen molar-refractivity contribution in [1.29, 1.82) is 0 Å². The first kappa shape index (κ1) is 28.3. The highest BCUT2D eigenvalue weighted by Crippen LogP contribution is 2.43. The van der Waals surface area contributed by atoms with Crippen molar-refractivity contribution in [2.45, 2.75) is 30.1 Å². The SMILES string of the molecule is COc1ccc(C(OC[C@H]2O[C@@H](n3ccc(=O)[nH]c3=O)C(OC)C2O)(c2ccccc2)c2ccc(OC)cc2)cc1. The Kier molecular flexibility index (Phi) is 8.36. The Morgan fingerprint density at radius 3 is 1.90 bits per heavy atom. The van der Waals surface area contributed by atoms with Gasteiger partial charge in [0.1, 0.15) is 35.4 Å². The summed E-state index contributed by atoms with van der Waals surface area (Å²) >= 11 is 0. The summed E-state index contributed by atoms with van der Waals surface area (Å²) in [5.41, 5.74) is 0.147. The summed E-state index contributed by atoms with van der Waals surface area (Å²) in [7, 11) is 4.64. The third-order valence-corrected chi connectivity index (χ3v) is 7.35. The number of H-pyrrole nitrogens is 1. The highest BCUT2D eigenvalue weighted by Gasteiger charge is 2.47. The van der Waals surface area contributed by atoms with Gasteiger partial charge in [-0.15, -0.1) is 0 Å². The van der Waals surface area contributed by atoms with Crippen molar-refractivity contribution < 1.29 is 28.8 Å². The summed E-state index contributed by atoms with van der Waals surface area (Å²) in [5, 5.41) is 11.2. The molecule has 2 heterocycles. The average Bonchev–Trinajstić information content (AvgIpc) is 3.33. The number of aliphatic hydroxyl groups is 1. The van der Waals surface area contributed by atoms with Crippen LogP contribution in [0, 0.1) is 0 Å². The van der Waals surface area contributed by atoms with Gasteiger partial charge in [0, 0.05) is 19.4 Å². The summed E-state index contributed by atoms with van der Waals surface area (Å²) in [6.07, 6.45) is -2.56. The molecule has 4 atom stereocenters. The minimum Gasteiger partial charge on any atom is -0.497 e. The molecule has 2 unspecified atom stereocenters. The molecule has 5 rings (SSSR count). The predicted octanol–water partition coefficient (Wildman–Crippen LogP) is 2.84. The van der Waals surface area contributed by atoms with E-state index in [0.717, 1.165) is 16.7 Å². The van der Waals surface area contributed by atoms with Crippen LogP contribution in [0.2, 0.25) is 0 Å². The fraction of sp³-hybridized carbons (Fsp3) is 0.290. The van der Waals surface area contributed by atoms with Crippen molar-refractivity contribution >= 4 is 0 Å². The van der Waals surface area contributed by atoms with E-state index < -0.39 is 41.4 Å². The van der Waals surface area contributed by atoms with E-state index in [1.54, 1.807) is 14.2 Å². The molecular formula is C31H32N2O8. The second-order valence-electron chi connectivity index (χ2n) is 9.59. The minimum absolute atomic E-state index is 0.0669. The van der Waals surface area contributed by atoms with Crippen LogP contribution in [0.3, 0.4) is 0 Å². The maximum Gasteiger partial charge on any atom is 0.330 e. The lowest BCUT2D eigenvalue weighted by Gasteiger charge is -2.37. The number of nitrogens with zero attached hydrogens (tertiary/aromatic N) is 1. The van der Waals surface area contributed by atoms with E-state index in [-0.39, 0.29) is 6.61 Å². The predicted molar refractivity (Wildman–Crippen MR) is 150 cm³/mol. The van der Waals surface area contributed by atoms with Crippen LogP contribution in [0.5, 0.6) is 11.5 Å². The number of hydrogen-bond donors (Lipinski definition) is 2. The monoisotopic (exact) mass is 560 g/mol. The average molecular weight is 561 g/mol. The van der Waals surface area contributed by atoms with Gasteiger partial charge in [-0.3, -0.25) is 14.3 Å². The summed E-state index contributed by atoms with van der Waals surface area (Å²) in [4.78, 5) is 26.3. The van der Waals surface area contributed by atoms with E-state index in [9.17, 15) is 14.7 Å². The fourth-order valence-electron chi connectivity index (χ4n) is 5.24. The van der Waals surface area contributed by atoms with Gasteiger partial charge in [-0.05, 0) is 41.0 Å². The first-order valence-corrected chi connectivity index (χ1v) is 13.1. The molecule has 3 aromatic carbocycles. The summed E-state index contributed by atoms with van der Waals surface area (Å²) in [5.74, 6) is 1.38. The Labute approximate surface area is 236 Å². The van der Waals surface area contributed by atoms with E-state index in [1.807, 2.05) is 78.9 Å². The zero-order valence-corrected chi connectivity index (χ0v) is 22.9. The van der Waals surface area contributed by atoms with Crippen molar-refractivity contribution in [1.82, 2.24) is 9.55 Å². The molecular weight excluding hydrogens is 528 g/mol. The van der Waals surface area contributed by atoms with Gasteiger partial charge in [0.15, 0.2) is 6.23 Å². The number of ether oxygens (including phenoxy) is 5. The molecule has 0 bridgehead atoms. The van der Waals surface area contributed by atoms with E-state index in [0.29, 0.717) is 11.5 Å². The fourth-order valence-corrected chi connectivity index (χ4v) is 5.24. The van der Waals surface area contributed by atoms with Crippen molar-refractivity contribution in [2.24, 2.45) is 0 Å². The van der Waals surface area contributed by atoms with Crippen LogP contribution in [-0.2, 0) is 19.8 Å². The number of aromatic amines is 1. The molecule has 10 nitrogen and oxygen atoms in total. The normalized spacial score (nSPS) is 20.6. The standard InChI is InChI=1S/C31H32N2O8/c1-37-23-13-9-21(10-14-23)31(20-7-5-4-6-8-20,22-11-15-24(38-2)16-12-22)40-19-25-27(35)28(39-3)29(41-25)33-18-17-26(34)32-30(33)36/h4-18,25,27-29,35H,19H2,1-3H3,(H,32,34,36)/t25-,27?,28?,29-/m1/s1. The quantitative estimate of drug-likeness (QED) is 0.284. The van der Waals surface area contributed by atoms with Crippen molar-refractivity contribution in [3.05, 3.63) is 129 Å². The lowest BCUT2D eigenvalue weighted by atomic mass is 9.80. The third kappa shape index (κ3) is 5.42. The van der Waals surface area contributed by atoms with Crippen molar-refractivity contribution in [3.63, 3.8) is 0 Å². The molecule has 41 heavy (non-hydrogen) atoms. The van der Waals surface area contributed by atoms with E-state index in [4.69, 9.17) is 23.7 Å². The van der Waals surface area contributed by atoms with E-state index in [2.05, 4.69) is 4.98 Å². The second-order valence-corrected chi connectivity index (χ2v) is 9.59. The van der Waals surface area contributed by atoms with E-state index in [1.165, 1.54) is 23.9 Å². The van der Waals surface area contributed by atoms with Gasteiger partial charge in [0.05, 0.1) is 20.8 Å². The van der Waals surface area contributed by atoms with Crippen LogP contribution >= 0.6 is 0 Å². The molecule has 2 N–H and O–H groups in total. The Morgan fingerprint density at radius 2 is 1.39 bits per heavy atom. The second kappa shape index (κ2) is 12.1. The number of rotatable bonds is 10. The first-order valence-electron chi connectivity index (χ1n) is 13.1. The molecule has 10 heteroatoms. The Bertz CT molecular complexity index is 1500. The summed E-state index contributed by atoms with van der Waals surface area (Å²) < 4.78 is 30.5. The molecule has 0 aliphatic carbocycles. The molecule has 0 amide bonds. The molecule has 1 fully saturated rings. The van der Waals surface area contributed by atoms with Gasteiger partial charge >= 0.3 is 5.69 Å². The number of nitrogens with one attached hydrogen (secondary N) is 1. The maximum atomic E-state index is 12.5. The molecule has 1 aliphatic rings. The third-order valence-electron chi connectivity index (χ3n) is 7.35. The van der Waals surface area contributed by atoms with Gasteiger partial charge in [-0.1, -0.05) is 54.6 Å². The van der Waals surface area contributed by atoms with E-state index >= 15 is 0 Å². The molecule has 0 spiro atoms. The molecule has 1 aliphatic heterocycles. The number of hydrogen-bond acceptors (Lipinski definition) is 8. The van der Waals surface area contributed by atoms with Crippen LogP contribution in [0.4, 0.5) is 0 Å². The number of benzene rings is 3. The topological polar surface area (TPSA) is 121 Å². The molecule has 1 saturated heterocycles. The molecule has 0 saturated carbocycles. The zero-order valence-electron chi connectivity index (χ0n) is 22.9. The van der Waals surface area contributed by atoms with Gasteiger partial charge in [0.2, 0.25) is 0 Å². The molecule has 214 valence electrons. The molecule has 1 aromatic heterocycles. The van der Waals surface area contributed by atoms with Crippen molar-refractivity contribution in [3.8, 4) is 11.5 Å². The zero-order chi connectivity index (χ0) is 29.0. The lowest BCUT2D eigenvalue weighted by molar-refractivity contribution is -0.0967. The smallest absolute Gasteiger partial charge is 0.330 e. The molecule has 0 radical (unpaired) electrons. The summed E-state index contributed by atoms with van der Waals surface area (Å²) in [6, 6.07) is 26.1. The van der Waals surface area contributed by atoms with Crippen LogP contribution in [-0.4, -0.2) is 60.9 Å². The van der Waals surface area contributed by atoms with Crippen LogP contribution in [0.15, 0.2) is 101 Å². The minimum atomic E-state index is -1.14. The highest BCUT2D eigenvalue weighted by atomic mass is 16.6. The summed E-state index contributed by atoms with van der Waals surface area (Å²) in [6.45, 7) is -0.0669. The van der Waals surface area contributed by atoms with Crippen molar-refractivity contribution in [2.75, 3.05) is 27.9 Å². The Hall–Kier alpha value is -4.22. The van der Waals surface area contributed by atoms with Crippen LogP contribution in [0.25, 0.3) is 0 Å². The highest BCUT2D eigenvalue weighted by molar-refractivity contribution is 5.49. The lowest BCUT2D eigenvalue weighted by Crippen LogP contribution is -2.40. The maximum absolute atomic E-state index is 12.5. The Morgan fingerprint density at radius 1 is 0.829 bits per heavy atom. The van der Waals surface area contributed by atoms with Gasteiger partial charge in [-0.25, -0.2) is 4.79 Å². The van der Waals surface area contributed by atoms with Gasteiger partial charge in [0.25, 0.3) is 5.56 Å². The van der Waals surface area contributed by atoms with Gasteiger partial charge < -0.3 is 28.8 Å². The Balaban J connectivity index is 1.57. The van der Waals surface area contributed by atoms with Crippen LogP contribution in [0.1, 0.15) is 22.9 Å². The number of aliphatic hydroxyl groups excluding tert-OH is 1. The molecule has 4 aromatic rings. The van der Waals surface area contributed by atoms with Gasteiger partial charge in [-0.2, -0.15) is 0 Å². The largest absolute Gasteiger partial charge is 0.497 e. The van der Waals surface area contributed by atoms with Crippen LogP contribution < -0.4 is 20.7 Å². The first-order chi connectivity index (χ1) is 19.9. The number of aromatic nitrogens is 2.